The van der Waals surface area contributed by atoms with Crippen molar-refractivity contribution in [3.63, 3.8) is 0 Å². The molecule has 0 unspecified atom stereocenters. The Morgan fingerprint density at radius 2 is 1.70 bits per heavy atom. The van der Waals surface area contributed by atoms with E-state index in [4.69, 9.17) is 4.74 Å². The predicted octanol–water partition coefficient (Wildman–Crippen LogP) is 4.05. The number of nitrogens with one attached hydrogen (secondary N) is 1. The maximum Gasteiger partial charge on any atom is 0.265 e. The molecule has 0 radical (unpaired) electrons. The van der Waals surface area contributed by atoms with Crippen molar-refractivity contribution >= 4 is 27.2 Å². The average molecular weight is 383 g/mol. The number of para-hydroxylation sites is 3. The Morgan fingerprint density at radius 3 is 2.33 bits per heavy atom. The normalized spacial score (nSPS) is 11.0. The molecule has 1 aromatic heterocycles. The molecule has 3 rings (SSSR count). The highest BCUT2D eigenvalue weighted by molar-refractivity contribution is 7.92. The van der Waals surface area contributed by atoms with Crippen LogP contribution in [0.2, 0.25) is 0 Å². The third-order valence-corrected chi connectivity index (χ3v) is 5.91. The lowest BCUT2D eigenvalue weighted by Gasteiger charge is -2.22. The summed E-state index contributed by atoms with van der Waals surface area (Å²) in [6, 6.07) is 19.6. The van der Waals surface area contributed by atoms with Crippen LogP contribution in [0.25, 0.3) is 0 Å². The lowest BCUT2D eigenvalue weighted by atomic mass is 10.3. The Labute approximate surface area is 159 Å². The van der Waals surface area contributed by atoms with Crippen LogP contribution < -0.4 is 14.4 Å². The van der Waals surface area contributed by atoms with Crippen molar-refractivity contribution in [3.8, 4) is 5.75 Å². The van der Waals surface area contributed by atoms with E-state index in [1.165, 1.54) is 10.5 Å². The minimum Gasteiger partial charge on any atom is -0.495 e. The highest BCUT2D eigenvalue weighted by Crippen LogP contribution is 2.27. The molecule has 27 heavy (non-hydrogen) atoms. The van der Waals surface area contributed by atoms with Gasteiger partial charge >= 0.3 is 0 Å². The number of methoxy groups -OCH3 is 1. The Bertz CT molecular complexity index is 990. The van der Waals surface area contributed by atoms with Gasteiger partial charge in [-0.2, -0.15) is 0 Å². The van der Waals surface area contributed by atoms with Crippen molar-refractivity contribution in [2.24, 2.45) is 0 Å². The molecule has 140 valence electrons. The summed E-state index contributed by atoms with van der Waals surface area (Å²) in [4.78, 5) is 4.39. The summed E-state index contributed by atoms with van der Waals surface area (Å²) >= 11 is 0. The average Bonchev–Trinajstić information content (AvgIpc) is 2.70. The molecule has 3 aromatic rings. The minimum atomic E-state index is -3.69. The molecule has 0 fully saturated rings. The summed E-state index contributed by atoms with van der Waals surface area (Å²) in [6.07, 6.45) is 1.36. The first kappa shape index (κ1) is 18.7. The number of pyridine rings is 1. The third-order valence-electron chi connectivity index (χ3n) is 4.03. The van der Waals surface area contributed by atoms with E-state index >= 15 is 0 Å². The summed E-state index contributed by atoms with van der Waals surface area (Å²) < 4.78 is 32.6. The van der Waals surface area contributed by atoms with E-state index in [9.17, 15) is 8.42 Å². The second-order valence-corrected chi connectivity index (χ2v) is 7.57. The molecule has 0 aliphatic carbocycles. The van der Waals surface area contributed by atoms with E-state index < -0.39 is 10.0 Å². The number of hydrogen-bond acceptors (Lipinski definition) is 5. The second kappa shape index (κ2) is 8.09. The third kappa shape index (κ3) is 4.03. The van der Waals surface area contributed by atoms with Gasteiger partial charge in [-0.25, -0.2) is 13.4 Å². The van der Waals surface area contributed by atoms with Crippen LogP contribution >= 0.6 is 0 Å². The highest BCUT2D eigenvalue weighted by Gasteiger charge is 2.23. The molecule has 7 heteroatoms. The van der Waals surface area contributed by atoms with Gasteiger partial charge in [0.25, 0.3) is 10.0 Å². The fourth-order valence-electron chi connectivity index (χ4n) is 2.71. The van der Waals surface area contributed by atoms with Crippen LogP contribution in [-0.4, -0.2) is 27.1 Å². The number of nitrogens with zero attached hydrogens (tertiary/aromatic N) is 2. The standard InChI is InChI=1S/C20H21N3O3S/c1-3-23(16-9-5-4-6-10-16)27(24,25)17-13-14-20(21-15-17)22-18-11-7-8-12-19(18)26-2/h4-15H,3H2,1-2H3,(H,21,22). The Hall–Kier alpha value is -3.06. The molecule has 1 N–H and O–H groups in total. The SMILES string of the molecule is CCN(c1ccccc1)S(=O)(=O)c1ccc(Nc2ccccc2OC)nc1. The number of sulfonamides is 1. The second-order valence-electron chi connectivity index (χ2n) is 5.71. The molecular weight excluding hydrogens is 362 g/mol. The van der Waals surface area contributed by atoms with Crippen molar-refractivity contribution in [1.29, 1.82) is 0 Å². The quantitative estimate of drug-likeness (QED) is 0.666. The van der Waals surface area contributed by atoms with Crippen LogP contribution in [-0.2, 0) is 10.0 Å². The summed E-state index contributed by atoms with van der Waals surface area (Å²) in [5.74, 6) is 1.21. The van der Waals surface area contributed by atoms with E-state index in [1.54, 1.807) is 38.3 Å². The molecule has 0 amide bonds. The first-order valence-electron chi connectivity index (χ1n) is 8.50. The number of benzene rings is 2. The minimum absolute atomic E-state index is 0.138. The maximum absolute atomic E-state index is 13.0. The Balaban J connectivity index is 1.86. The summed E-state index contributed by atoms with van der Waals surface area (Å²) in [5, 5.41) is 3.13. The molecule has 0 saturated heterocycles. The first-order chi connectivity index (χ1) is 13.1. The predicted molar refractivity (Wildman–Crippen MR) is 107 cm³/mol. The summed E-state index contributed by atoms with van der Waals surface area (Å²) in [6.45, 7) is 2.13. The molecule has 0 atom stereocenters. The highest BCUT2D eigenvalue weighted by atomic mass is 32.2. The van der Waals surface area contributed by atoms with Crippen LogP contribution in [0.5, 0.6) is 5.75 Å². The van der Waals surface area contributed by atoms with Gasteiger partial charge in [0.2, 0.25) is 0 Å². The van der Waals surface area contributed by atoms with Crippen molar-refractivity contribution in [3.05, 3.63) is 72.9 Å². The zero-order chi connectivity index (χ0) is 19.3. The van der Waals surface area contributed by atoms with Crippen LogP contribution in [0.1, 0.15) is 6.92 Å². The van der Waals surface area contributed by atoms with Gasteiger partial charge in [-0.05, 0) is 43.3 Å². The van der Waals surface area contributed by atoms with Crippen molar-refractivity contribution in [2.45, 2.75) is 11.8 Å². The van der Waals surface area contributed by atoms with E-state index in [1.807, 2.05) is 42.5 Å². The molecule has 0 bridgehead atoms. The van der Waals surface area contributed by atoms with Crippen molar-refractivity contribution < 1.29 is 13.2 Å². The van der Waals surface area contributed by atoms with Gasteiger partial charge in [0.15, 0.2) is 0 Å². The molecule has 0 saturated carbocycles. The molecule has 2 aromatic carbocycles. The van der Waals surface area contributed by atoms with Gasteiger partial charge in [-0.3, -0.25) is 4.31 Å². The van der Waals surface area contributed by atoms with E-state index in [0.717, 1.165) is 5.69 Å². The molecule has 0 aliphatic rings. The number of rotatable bonds is 7. The Kier molecular flexibility index (Phi) is 5.61. The number of anilines is 3. The summed E-state index contributed by atoms with van der Waals surface area (Å²) in [5.41, 5.74) is 1.37. The molecule has 1 heterocycles. The first-order valence-corrected chi connectivity index (χ1v) is 9.94. The van der Waals surface area contributed by atoms with Gasteiger partial charge < -0.3 is 10.1 Å². The molecule has 0 aliphatic heterocycles. The fraction of sp³-hybridized carbons (Fsp3) is 0.150. The van der Waals surface area contributed by atoms with E-state index in [-0.39, 0.29) is 4.90 Å². The lowest BCUT2D eigenvalue weighted by Crippen LogP contribution is -2.30. The smallest absolute Gasteiger partial charge is 0.265 e. The van der Waals surface area contributed by atoms with Crippen molar-refractivity contribution in [2.75, 3.05) is 23.3 Å². The Morgan fingerprint density at radius 1 is 1.00 bits per heavy atom. The van der Waals surface area contributed by atoms with E-state index in [0.29, 0.717) is 23.8 Å². The van der Waals surface area contributed by atoms with Crippen LogP contribution in [0, 0.1) is 0 Å². The largest absolute Gasteiger partial charge is 0.495 e. The van der Waals surface area contributed by atoms with Crippen LogP contribution in [0.15, 0.2) is 77.8 Å². The number of ether oxygens (including phenoxy) is 1. The fourth-order valence-corrected chi connectivity index (χ4v) is 4.13. The monoisotopic (exact) mass is 383 g/mol. The zero-order valence-electron chi connectivity index (χ0n) is 15.2. The van der Waals surface area contributed by atoms with Gasteiger partial charge in [0.05, 0.1) is 18.5 Å². The van der Waals surface area contributed by atoms with Gasteiger partial charge in [0, 0.05) is 12.7 Å². The molecular formula is C20H21N3O3S. The maximum atomic E-state index is 13.0. The van der Waals surface area contributed by atoms with Gasteiger partial charge in [-0.1, -0.05) is 30.3 Å². The lowest BCUT2D eigenvalue weighted by molar-refractivity contribution is 0.417. The van der Waals surface area contributed by atoms with Crippen molar-refractivity contribution in [1.82, 2.24) is 4.98 Å². The summed E-state index contributed by atoms with van der Waals surface area (Å²) in [7, 11) is -2.10. The zero-order valence-corrected chi connectivity index (χ0v) is 16.0. The number of aromatic nitrogens is 1. The van der Waals surface area contributed by atoms with Gasteiger partial charge in [-0.15, -0.1) is 0 Å². The molecule has 6 nitrogen and oxygen atoms in total. The van der Waals surface area contributed by atoms with Crippen LogP contribution in [0.3, 0.4) is 0 Å². The topological polar surface area (TPSA) is 71.5 Å². The van der Waals surface area contributed by atoms with Crippen LogP contribution in [0.4, 0.5) is 17.2 Å². The number of hydrogen-bond donors (Lipinski definition) is 1. The van der Waals surface area contributed by atoms with Gasteiger partial charge in [0.1, 0.15) is 16.5 Å². The van der Waals surface area contributed by atoms with E-state index in [2.05, 4.69) is 10.3 Å². The molecule has 0 spiro atoms.